The number of thiocarbonyl (C=S) groups is 1. The normalized spacial score (nSPS) is 19.3. The fourth-order valence-electron chi connectivity index (χ4n) is 4.72. The molecule has 6 N–H and O–H groups in total. The average molecular weight is 619 g/mol. The van der Waals surface area contributed by atoms with Crippen LogP contribution in [-0.4, -0.2) is 89.8 Å². The van der Waals surface area contributed by atoms with E-state index in [1.165, 1.54) is 17.2 Å². The van der Waals surface area contributed by atoms with Crippen molar-refractivity contribution in [3.63, 3.8) is 0 Å². The molecule has 0 radical (unpaired) electrons. The number of aliphatic hydroxyl groups excluding tert-OH is 3. The van der Waals surface area contributed by atoms with Gasteiger partial charge in [-0.05, 0) is 47.6 Å². The molecule has 0 saturated carbocycles. The second kappa shape index (κ2) is 14.2. The number of aliphatic hydroxyl groups is 3. The van der Waals surface area contributed by atoms with Crippen LogP contribution in [0.1, 0.15) is 17.4 Å². The summed E-state index contributed by atoms with van der Waals surface area (Å²) in [5, 5.41) is 41.0. The van der Waals surface area contributed by atoms with Crippen LogP contribution in [0.15, 0.2) is 66.2 Å². The second-order valence-electron chi connectivity index (χ2n) is 10.0. The van der Waals surface area contributed by atoms with Gasteiger partial charge in [-0.3, -0.25) is 14.2 Å². The van der Waals surface area contributed by atoms with Crippen molar-refractivity contribution in [2.75, 3.05) is 30.3 Å². The van der Waals surface area contributed by atoms with Gasteiger partial charge in [0.25, 0.3) is 0 Å². The fraction of sp³-hybridized carbons (Fsp3) is 0.310. The molecule has 15 heteroatoms. The minimum Gasteiger partial charge on any atom is -0.394 e. The van der Waals surface area contributed by atoms with Crippen molar-refractivity contribution < 1.29 is 29.6 Å². The first kappa shape index (κ1) is 30.8. The molecule has 3 heterocycles. The van der Waals surface area contributed by atoms with Crippen LogP contribution in [0.5, 0.6) is 0 Å². The number of carbonyl (C=O) groups excluding carboxylic acids is 2. The third kappa shape index (κ3) is 7.29. The van der Waals surface area contributed by atoms with Crippen LogP contribution >= 0.6 is 12.2 Å². The fourth-order valence-corrected chi connectivity index (χ4v) is 4.81. The minimum atomic E-state index is -1.27. The van der Waals surface area contributed by atoms with Crippen LogP contribution in [0.25, 0.3) is 11.2 Å². The van der Waals surface area contributed by atoms with E-state index in [9.17, 15) is 24.9 Å². The van der Waals surface area contributed by atoms with Crippen molar-refractivity contribution in [3.8, 4) is 0 Å². The van der Waals surface area contributed by atoms with Crippen LogP contribution in [0.3, 0.4) is 0 Å². The van der Waals surface area contributed by atoms with E-state index in [0.29, 0.717) is 41.4 Å². The summed E-state index contributed by atoms with van der Waals surface area (Å²) in [7, 11) is 0. The average Bonchev–Trinajstić information content (AvgIpc) is 3.58. The lowest BCUT2D eigenvalue weighted by atomic mass is 10.1. The van der Waals surface area contributed by atoms with E-state index in [0.717, 1.165) is 11.1 Å². The molecule has 14 nitrogen and oxygen atoms in total. The smallest absolute Gasteiger partial charge is 0.228 e. The number of carbonyl (C=O) groups is 2. The number of hydrogen-bond donors (Lipinski definition) is 6. The molecule has 5 rings (SSSR count). The second-order valence-corrected chi connectivity index (χ2v) is 10.2. The van der Waals surface area contributed by atoms with Crippen molar-refractivity contribution in [2.24, 2.45) is 4.99 Å². The van der Waals surface area contributed by atoms with E-state index in [-0.39, 0.29) is 24.7 Å². The van der Waals surface area contributed by atoms with Crippen molar-refractivity contribution in [2.45, 2.75) is 37.4 Å². The van der Waals surface area contributed by atoms with Crippen LogP contribution in [0.4, 0.5) is 17.2 Å². The van der Waals surface area contributed by atoms with Gasteiger partial charge in [-0.1, -0.05) is 24.3 Å². The molecule has 1 aliphatic heterocycles. The lowest BCUT2D eigenvalue weighted by Crippen LogP contribution is -2.33. The van der Waals surface area contributed by atoms with Crippen LogP contribution in [-0.2, 0) is 27.2 Å². The predicted octanol–water partition coefficient (Wildman–Crippen LogP) is 1.12. The Labute approximate surface area is 256 Å². The number of benzene rings is 2. The Kier molecular flexibility index (Phi) is 9.96. The van der Waals surface area contributed by atoms with E-state index < -0.39 is 31.1 Å². The molecular formula is C29H30N8O6S. The zero-order chi connectivity index (χ0) is 31.1. The van der Waals surface area contributed by atoms with Gasteiger partial charge in [0.15, 0.2) is 23.2 Å². The summed E-state index contributed by atoms with van der Waals surface area (Å²) in [4.78, 5) is 41.3. The quantitative estimate of drug-likeness (QED) is 0.0756. The highest BCUT2D eigenvalue weighted by Crippen LogP contribution is 2.32. The summed E-state index contributed by atoms with van der Waals surface area (Å²) in [6, 6.07) is 14.3. The molecule has 228 valence electrons. The molecule has 4 unspecified atom stereocenters. The van der Waals surface area contributed by atoms with Crippen molar-refractivity contribution in [1.29, 1.82) is 0 Å². The van der Waals surface area contributed by atoms with E-state index in [4.69, 9.17) is 4.74 Å². The number of aromatic nitrogens is 4. The van der Waals surface area contributed by atoms with E-state index in [1.807, 2.05) is 12.1 Å². The Morgan fingerprint density at radius 1 is 0.955 bits per heavy atom. The van der Waals surface area contributed by atoms with Gasteiger partial charge >= 0.3 is 0 Å². The Morgan fingerprint density at radius 2 is 1.64 bits per heavy atom. The third-order valence-corrected chi connectivity index (χ3v) is 7.07. The highest BCUT2D eigenvalue weighted by atomic mass is 32.1. The molecule has 2 amide bonds. The molecule has 1 fully saturated rings. The van der Waals surface area contributed by atoms with E-state index >= 15 is 0 Å². The maximum absolute atomic E-state index is 12.6. The number of anilines is 3. The number of nitrogens with zero attached hydrogens (tertiary/aromatic N) is 5. The standard InChI is InChI=1S/C29H30N8O6S/c38-13-21-25(41)26(42)29(43-21)37-15-34-24-27(32-14-33-28(24)37)36-20-7-3-18(4-8-20)12-23(40)35-19-5-1-17(2-6-19)11-22(39)31-10-9-30-16-44/h1-8,14-15,21,25-26,29,38,41-42H,9-13H2,(H,31,39)(H,35,40)(H,32,33,36). The van der Waals surface area contributed by atoms with Crippen LogP contribution in [0, 0.1) is 0 Å². The number of amides is 2. The van der Waals surface area contributed by atoms with Crippen molar-refractivity contribution >= 4 is 57.6 Å². The molecule has 0 spiro atoms. The summed E-state index contributed by atoms with van der Waals surface area (Å²) >= 11 is 4.49. The number of imidazole rings is 1. The number of aliphatic imine (C=N–C) groups is 1. The highest BCUT2D eigenvalue weighted by Gasteiger charge is 2.44. The first-order valence-corrected chi connectivity index (χ1v) is 14.1. The molecule has 2 aromatic carbocycles. The van der Waals surface area contributed by atoms with Gasteiger partial charge in [-0.25, -0.2) is 19.9 Å². The molecule has 1 aliphatic rings. The van der Waals surface area contributed by atoms with Gasteiger partial charge in [-0.15, -0.1) is 0 Å². The molecule has 0 aliphatic carbocycles. The minimum absolute atomic E-state index is 0.130. The zero-order valence-electron chi connectivity index (χ0n) is 23.3. The Bertz CT molecular complexity index is 1660. The Morgan fingerprint density at radius 3 is 2.30 bits per heavy atom. The maximum atomic E-state index is 12.6. The first-order valence-electron chi connectivity index (χ1n) is 13.7. The Hall–Kier alpha value is -4.63. The topological polar surface area (TPSA) is 196 Å². The highest BCUT2D eigenvalue weighted by molar-refractivity contribution is 7.78. The summed E-state index contributed by atoms with van der Waals surface area (Å²) in [6.07, 6.45) is -1.29. The van der Waals surface area contributed by atoms with E-state index in [1.54, 1.807) is 36.4 Å². The molecule has 4 aromatic rings. The Balaban J connectivity index is 1.15. The van der Waals surface area contributed by atoms with Crippen molar-refractivity contribution in [1.82, 2.24) is 24.8 Å². The number of fused-ring (bicyclic) bond motifs is 1. The van der Waals surface area contributed by atoms with Gasteiger partial charge in [0.05, 0.1) is 37.5 Å². The summed E-state index contributed by atoms with van der Waals surface area (Å²) in [5.74, 6) is 0.0876. The van der Waals surface area contributed by atoms with Crippen LogP contribution in [0.2, 0.25) is 0 Å². The summed E-state index contributed by atoms with van der Waals surface area (Å²) in [5.41, 5.74) is 3.71. The molecule has 0 bridgehead atoms. The van der Waals surface area contributed by atoms with E-state index in [2.05, 4.69) is 53.3 Å². The number of rotatable bonds is 12. The summed E-state index contributed by atoms with van der Waals surface area (Å²) < 4.78 is 7.09. The third-order valence-electron chi connectivity index (χ3n) is 6.94. The van der Waals surface area contributed by atoms with Gasteiger partial charge in [0.1, 0.15) is 24.6 Å². The lowest BCUT2D eigenvalue weighted by molar-refractivity contribution is -0.120. The van der Waals surface area contributed by atoms with Gasteiger partial charge in [0.2, 0.25) is 11.8 Å². The number of isothiocyanates is 1. The summed E-state index contributed by atoms with van der Waals surface area (Å²) in [6.45, 7) is 0.342. The molecule has 2 aromatic heterocycles. The molecular weight excluding hydrogens is 588 g/mol. The zero-order valence-corrected chi connectivity index (χ0v) is 24.1. The number of ether oxygens (including phenoxy) is 1. The maximum Gasteiger partial charge on any atom is 0.228 e. The van der Waals surface area contributed by atoms with Gasteiger partial charge < -0.3 is 36.0 Å². The number of nitrogens with one attached hydrogen (secondary N) is 3. The van der Waals surface area contributed by atoms with Crippen LogP contribution < -0.4 is 16.0 Å². The molecule has 1 saturated heterocycles. The lowest BCUT2D eigenvalue weighted by Gasteiger charge is -2.16. The monoisotopic (exact) mass is 618 g/mol. The van der Waals surface area contributed by atoms with Crippen molar-refractivity contribution in [3.05, 3.63) is 72.3 Å². The largest absolute Gasteiger partial charge is 0.394 e. The first-order chi connectivity index (χ1) is 21.4. The molecule has 44 heavy (non-hydrogen) atoms. The molecule has 4 atom stereocenters. The van der Waals surface area contributed by atoms with Gasteiger partial charge in [-0.2, -0.15) is 0 Å². The predicted molar refractivity (Wildman–Crippen MR) is 163 cm³/mol. The number of hydrogen-bond acceptors (Lipinski definition) is 12. The van der Waals surface area contributed by atoms with Gasteiger partial charge in [0, 0.05) is 17.9 Å². The SMILES string of the molecule is O=C(Cc1ccc(NC(=O)Cc2ccc(Nc3ncnc4c3ncn4C3OC(CO)C(O)C3O)cc2)cc1)NCCN=C=S.